The van der Waals surface area contributed by atoms with Gasteiger partial charge in [0.2, 0.25) is 5.91 Å². The Labute approximate surface area is 185 Å². The molecule has 0 radical (unpaired) electrons. The van der Waals surface area contributed by atoms with Crippen LogP contribution in [0.25, 0.3) is 5.69 Å². The van der Waals surface area contributed by atoms with Gasteiger partial charge >= 0.3 is 0 Å². The maximum absolute atomic E-state index is 12.6. The van der Waals surface area contributed by atoms with Gasteiger partial charge in [-0.1, -0.05) is 59.8 Å². The Hall–Kier alpha value is -2.35. The van der Waals surface area contributed by atoms with Crippen LogP contribution in [0.2, 0.25) is 5.02 Å². The third-order valence-corrected chi connectivity index (χ3v) is 6.57. The third-order valence-electron chi connectivity index (χ3n) is 5.40. The molecule has 156 valence electrons. The van der Waals surface area contributed by atoms with Crippen LogP contribution in [-0.4, -0.2) is 46.2 Å². The van der Waals surface area contributed by atoms with Crippen LogP contribution in [0.3, 0.4) is 0 Å². The molecule has 0 spiro atoms. The van der Waals surface area contributed by atoms with Crippen molar-refractivity contribution >= 4 is 29.3 Å². The summed E-state index contributed by atoms with van der Waals surface area (Å²) in [6.45, 7) is 2.02. The molecule has 6 nitrogen and oxygen atoms in total. The summed E-state index contributed by atoms with van der Waals surface area (Å²) < 4.78 is 7.40. The van der Waals surface area contributed by atoms with Crippen LogP contribution < -0.4 is 5.32 Å². The number of halogens is 1. The Balaban J connectivity index is 1.38. The zero-order valence-electron chi connectivity index (χ0n) is 16.5. The van der Waals surface area contributed by atoms with Gasteiger partial charge in [0, 0.05) is 30.2 Å². The molecule has 0 atom stereocenters. The van der Waals surface area contributed by atoms with E-state index in [9.17, 15) is 4.79 Å². The van der Waals surface area contributed by atoms with Crippen LogP contribution in [0, 0.1) is 0 Å². The molecule has 1 aliphatic heterocycles. The van der Waals surface area contributed by atoms with E-state index in [-0.39, 0.29) is 17.1 Å². The first-order valence-electron chi connectivity index (χ1n) is 9.85. The average molecular weight is 443 g/mol. The van der Waals surface area contributed by atoms with Gasteiger partial charge in [-0.2, -0.15) is 0 Å². The molecule has 0 unspecified atom stereocenters. The zero-order chi connectivity index (χ0) is 20.8. The van der Waals surface area contributed by atoms with Crippen LogP contribution in [-0.2, 0) is 14.9 Å². The van der Waals surface area contributed by atoms with Crippen molar-refractivity contribution in [2.75, 3.05) is 25.5 Å². The van der Waals surface area contributed by atoms with E-state index in [0.717, 1.165) is 18.5 Å². The van der Waals surface area contributed by atoms with Crippen molar-refractivity contribution < 1.29 is 9.53 Å². The SMILES string of the molecule is O=C(CSc1nncn1-c1cccc(Cl)c1)NCC1(c2ccccc2)CCOCC1. The highest BCUT2D eigenvalue weighted by Crippen LogP contribution is 2.34. The van der Waals surface area contributed by atoms with E-state index in [1.165, 1.54) is 17.3 Å². The molecule has 30 heavy (non-hydrogen) atoms. The molecule has 1 fully saturated rings. The van der Waals surface area contributed by atoms with Crippen LogP contribution in [0.1, 0.15) is 18.4 Å². The Morgan fingerprint density at radius 1 is 1.17 bits per heavy atom. The van der Waals surface area contributed by atoms with E-state index in [1.807, 2.05) is 47.0 Å². The number of ether oxygens (including phenoxy) is 1. The molecule has 0 aliphatic carbocycles. The topological polar surface area (TPSA) is 69.0 Å². The lowest BCUT2D eigenvalue weighted by Gasteiger charge is -2.38. The standard InChI is InChI=1S/C22H23ClN4O2S/c23-18-7-4-8-19(13-18)27-16-25-26-21(27)30-14-20(28)24-15-22(9-11-29-12-10-22)17-5-2-1-3-6-17/h1-8,13,16H,9-12,14-15H2,(H,24,28). The molecule has 1 aromatic heterocycles. The van der Waals surface area contributed by atoms with Crippen LogP contribution in [0.4, 0.5) is 0 Å². The molecule has 8 heteroatoms. The first kappa shape index (κ1) is 20.9. The van der Waals surface area contributed by atoms with Gasteiger partial charge in [-0.15, -0.1) is 10.2 Å². The van der Waals surface area contributed by atoms with E-state index in [4.69, 9.17) is 16.3 Å². The molecule has 1 saturated heterocycles. The van der Waals surface area contributed by atoms with Gasteiger partial charge in [0.1, 0.15) is 6.33 Å². The lowest BCUT2D eigenvalue weighted by Crippen LogP contribution is -2.45. The van der Waals surface area contributed by atoms with E-state index < -0.39 is 0 Å². The second-order valence-electron chi connectivity index (χ2n) is 7.29. The number of rotatable bonds is 7. The monoisotopic (exact) mass is 442 g/mol. The van der Waals surface area contributed by atoms with Crippen molar-refractivity contribution in [1.82, 2.24) is 20.1 Å². The second-order valence-corrected chi connectivity index (χ2v) is 8.67. The van der Waals surface area contributed by atoms with Gasteiger partial charge in [-0.3, -0.25) is 9.36 Å². The Morgan fingerprint density at radius 2 is 1.97 bits per heavy atom. The summed E-state index contributed by atoms with van der Waals surface area (Å²) in [5, 5.41) is 12.5. The molecule has 0 bridgehead atoms. The molecule has 2 heterocycles. The number of amides is 1. The predicted molar refractivity (Wildman–Crippen MR) is 118 cm³/mol. The van der Waals surface area contributed by atoms with Crippen LogP contribution in [0.5, 0.6) is 0 Å². The highest BCUT2D eigenvalue weighted by atomic mass is 35.5. The van der Waals surface area contributed by atoms with Crippen molar-refractivity contribution in [3.05, 3.63) is 71.5 Å². The molecule has 4 rings (SSSR count). The van der Waals surface area contributed by atoms with Gasteiger partial charge in [-0.05, 0) is 36.6 Å². The Morgan fingerprint density at radius 3 is 2.73 bits per heavy atom. The predicted octanol–water partition coefficient (Wildman–Crippen LogP) is 3.88. The van der Waals surface area contributed by atoms with Gasteiger partial charge in [0.15, 0.2) is 5.16 Å². The minimum Gasteiger partial charge on any atom is -0.381 e. The van der Waals surface area contributed by atoms with Crippen molar-refractivity contribution in [1.29, 1.82) is 0 Å². The Kier molecular flexibility index (Phi) is 6.72. The first-order chi connectivity index (χ1) is 14.7. The van der Waals surface area contributed by atoms with Gasteiger partial charge in [0.25, 0.3) is 0 Å². The summed E-state index contributed by atoms with van der Waals surface area (Å²) in [5.41, 5.74) is 2.03. The van der Waals surface area contributed by atoms with Gasteiger partial charge in [0.05, 0.1) is 11.4 Å². The molecule has 0 saturated carbocycles. The van der Waals surface area contributed by atoms with Crippen molar-refractivity contribution in [2.24, 2.45) is 0 Å². The molecular formula is C22H23ClN4O2S. The fourth-order valence-electron chi connectivity index (χ4n) is 3.70. The van der Waals surface area contributed by atoms with E-state index in [0.29, 0.717) is 29.9 Å². The maximum atomic E-state index is 12.6. The van der Waals surface area contributed by atoms with Crippen LogP contribution in [0.15, 0.2) is 66.1 Å². The lowest BCUT2D eigenvalue weighted by molar-refractivity contribution is -0.119. The molecule has 1 amide bonds. The molecule has 3 aromatic rings. The summed E-state index contributed by atoms with van der Waals surface area (Å²) in [7, 11) is 0. The molecule has 1 N–H and O–H groups in total. The van der Waals surface area contributed by atoms with Crippen molar-refractivity contribution in [2.45, 2.75) is 23.4 Å². The van der Waals surface area contributed by atoms with Crippen molar-refractivity contribution in [3.8, 4) is 5.69 Å². The first-order valence-corrected chi connectivity index (χ1v) is 11.2. The van der Waals surface area contributed by atoms with Crippen molar-refractivity contribution in [3.63, 3.8) is 0 Å². The largest absolute Gasteiger partial charge is 0.381 e. The molecular weight excluding hydrogens is 420 g/mol. The minimum atomic E-state index is -0.0827. The summed E-state index contributed by atoms with van der Waals surface area (Å²) >= 11 is 7.44. The van der Waals surface area contributed by atoms with E-state index >= 15 is 0 Å². The summed E-state index contributed by atoms with van der Waals surface area (Å²) in [6.07, 6.45) is 3.42. The third kappa shape index (κ3) is 4.86. The summed E-state index contributed by atoms with van der Waals surface area (Å²) in [4.78, 5) is 12.6. The number of thioether (sulfide) groups is 1. The number of carbonyl (C=O) groups is 1. The smallest absolute Gasteiger partial charge is 0.230 e. The fourth-order valence-corrected chi connectivity index (χ4v) is 4.64. The number of benzene rings is 2. The maximum Gasteiger partial charge on any atom is 0.230 e. The minimum absolute atomic E-state index is 0.0255. The number of nitrogens with zero attached hydrogens (tertiary/aromatic N) is 3. The quantitative estimate of drug-likeness (QED) is 0.562. The van der Waals surface area contributed by atoms with Gasteiger partial charge < -0.3 is 10.1 Å². The summed E-state index contributed by atoms with van der Waals surface area (Å²) in [5.74, 6) is 0.239. The van der Waals surface area contributed by atoms with Crippen LogP contribution >= 0.6 is 23.4 Å². The second kappa shape index (κ2) is 9.64. The average Bonchev–Trinajstić information content (AvgIpc) is 3.26. The van der Waals surface area contributed by atoms with Gasteiger partial charge in [-0.25, -0.2) is 0 Å². The highest BCUT2D eigenvalue weighted by Gasteiger charge is 2.34. The zero-order valence-corrected chi connectivity index (χ0v) is 18.0. The number of nitrogens with one attached hydrogen (secondary N) is 1. The number of carbonyl (C=O) groups excluding carboxylic acids is 1. The lowest BCUT2D eigenvalue weighted by atomic mass is 9.74. The van der Waals surface area contributed by atoms with E-state index in [2.05, 4.69) is 27.6 Å². The normalized spacial score (nSPS) is 15.6. The molecule has 2 aromatic carbocycles. The molecule has 1 aliphatic rings. The number of hydrogen-bond acceptors (Lipinski definition) is 5. The summed E-state index contributed by atoms with van der Waals surface area (Å²) in [6, 6.07) is 17.8. The Bertz CT molecular complexity index is 990. The number of hydrogen-bond donors (Lipinski definition) is 1. The fraction of sp³-hybridized carbons (Fsp3) is 0.318. The number of aromatic nitrogens is 3. The highest BCUT2D eigenvalue weighted by molar-refractivity contribution is 7.99. The van der Waals surface area contributed by atoms with E-state index in [1.54, 1.807) is 6.33 Å².